The highest BCUT2D eigenvalue weighted by Crippen LogP contribution is 2.36. The average molecular weight is 437 g/mol. The molecular formula is C18H14BrFN2OS2. The molecule has 2 aromatic rings. The Balaban J connectivity index is 1.90. The minimum atomic E-state index is -0.351. The van der Waals surface area contributed by atoms with Crippen LogP contribution in [0.15, 0.2) is 51.8 Å². The zero-order valence-corrected chi connectivity index (χ0v) is 16.7. The lowest BCUT2D eigenvalue weighted by Crippen LogP contribution is -2.27. The van der Waals surface area contributed by atoms with E-state index in [4.69, 9.17) is 12.2 Å². The Labute approximate surface area is 163 Å². The molecule has 1 fully saturated rings. The van der Waals surface area contributed by atoms with E-state index in [9.17, 15) is 9.18 Å². The molecule has 1 amide bonds. The number of thiocarbonyl (C=S) groups is 1. The third-order valence-corrected chi connectivity index (χ3v) is 5.57. The largest absolute Gasteiger partial charge is 0.377 e. The van der Waals surface area contributed by atoms with Crippen LogP contribution in [0.5, 0.6) is 0 Å². The molecule has 0 atom stereocenters. The summed E-state index contributed by atoms with van der Waals surface area (Å²) in [5.41, 5.74) is 2.52. The molecule has 0 radical (unpaired) electrons. The Morgan fingerprint density at radius 3 is 2.48 bits per heavy atom. The fraction of sp³-hybridized carbons (Fsp3) is 0.111. The first-order valence-electron chi connectivity index (χ1n) is 7.37. The van der Waals surface area contributed by atoms with Gasteiger partial charge in [0, 0.05) is 18.6 Å². The van der Waals surface area contributed by atoms with Gasteiger partial charge in [-0.05, 0) is 64.0 Å². The molecule has 1 aliphatic rings. The van der Waals surface area contributed by atoms with Crippen molar-refractivity contribution in [3.8, 4) is 0 Å². The second-order valence-corrected chi connectivity index (χ2v) is 8.13. The van der Waals surface area contributed by atoms with Crippen molar-refractivity contribution >= 4 is 67.6 Å². The molecule has 3 nitrogen and oxygen atoms in total. The maximum Gasteiger partial charge on any atom is 0.270 e. The van der Waals surface area contributed by atoms with E-state index in [1.165, 1.54) is 28.8 Å². The van der Waals surface area contributed by atoms with Gasteiger partial charge in [0.05, 0.1) is 16.3 Å². The predicted octanol–water partition coefficient (Wildman–Crippen LogP) is 5.06. The number of hydrogen-bond donors (Lipinski definition) is 0. The van der Waals surface area contributed by atoms with Crippen LogP contribution < -0.4 is 9.80 Å². The van der Waals surface area contributed by atoms with Crippen molar-refractivity contribution in [2.45, 2.75) is 0 Å². The van der Waals surface area contributed by atoms with Gasteiger partial charge in [0.25, 0.3) is 5.91 Å². The second-order valence-electron chi connectivity index (χ2n) is 5.60. The first-order chi connectivity index (χ1) is 11.9. The Hall–Kier alpha value is -1.70. The minimum Gasteiger partial charge on any atom is -0.377 e. The van der Waals surface area contributed by atoms with Gasteiger partial charge in [-0.2, -0.15) is 0 Å². The molecule has 0 unspecified atom stereocenters. The molecule has 0 saturated carbocycles. The number of carbonyl (C=O) groups excluding carboxylic acids is 1. The number of carbonyl (C=O) groups is 1. The summed E-state index contributed by atoms with van der Waals surface area (Å²) >= 11 is 10.1. The number of anilines is 2. The molecule has 1 heterocycles. The standard InChI is InChI=1S/C18H14BrFN2OS2/c1-21(2)15-8-3-11(9-14(15)19)10-16-17(23)22(18(24)25-16)13-6-4-12(20)5-7-13/h3-10H,1-2H3. The van der Waals surface area contributed by atoms with Crippen molar-refractivity contribution in [1.29, 1.82) is 0 Å². The molecule has 1 saturated heterocycles. The van der Waals surface area contributed by atoms with Crippen LogP contribution in [0, 0.1) is 5.82 Å². The highest BCUT2D eigenvalue weighted by atomic mass is 79.9. The number of amides is 1. The third-order valence-electron chi connectivity index (χ3n) is 3.63. The van der Waals surface area contributed by atoms with Crippen LogP contribution in [-0.2, 0) is 4.79 Å². The van der Waals surface area contributed by atoms with Crippen molar-refractivity contribution < 1.29 is 9.18 Å². The Kier molecular flexibility index (Phi) is 5.27. The van der Waals surface area contributed by atoms with Crippen molar-refractivity contribution in [1.82, 2.24) is 0 Å². The quantitative estimate of drug-likeness (QED) is 0.495. The van der Waals surface area contributed by atoms with E-state index in [1.807, 2.05) is 43.3 Å². The summed E-state index contributed by atoms with van der Waals surface area (Å²) in [6, 6.07) is 11.6. The van der Waals surface area contributed by atoms with Crippen LogP contribution in [0.1, 0.15) is 5.56 Å². The molecule has 1 aliphatic heterocycles. The third kappa shape index (κ3) is 3.78. The van der Waals surface area contributed by atoms with Gasteiger partial charge in [-0.15, -0.1) is 0 Å². The molecule has 0 aliphatic carbocycles. The summed E-state index contributed by atoms with van der Waals surface area (Å²) in [4.78, 5) is 16.7. The lowest BCUT2D eigenvalue weighted by molar-refractivity contribution is -0.113. The lowest BCUT2D eigenvalue weighted by atomic mass is 10.2. The number of rotatable bonds is 3. The van der Waals surface area contributed by atoms with E-state index < -0.39 is 0 Å². The van der Waals surface area contributed by atoms with Gasteiger partial charge in [0.15, 0.2) is 4.32 Å². The molecule has 128 valence electrons. The maximum atomic E-state index is 13.1. The summed E-state index contributed by atoms with van der Waals surface area (Å²) in [6.45, 7) is 0. The zero-order chi connectivity index (χ0) is 18.1. The molecule has 7 heteroatoms. The highest BCUT2D eigenvalue weighted by molar-refractivity contribution is 9.10. The fourth-order valence-corrected chi connectivity index (χ4v) is 4.46. The van der Waals surface area contributed by atoms with Crippen molar-refractivity contribution in [2.24, 2.45) is 0 Å². The maximum absolute atomic E-state index is 13.1. The highest BCUT2D eigenvalue weighted by Gasteiger charge is 2.33. The number of benzene rings is 2. The molecule has 0 bridgehead atoms. The van der Waals surface area contributed by atoms with E-state index in [0.717, 1.165) is 15.7 Å². The lowest BCUT2D eigenvalue weighted by Gasteiger charge is -2.15. The van der Waals surface area contributed by atoms with E-state index in [2.05, 4.69) is 15.9 Å². The summed E-state index contributed by atoms with van der Waals surface area (Å²) in [5.74, 6) is -0.551. The molecule has 25 heavy (non-hydrogen) atoms. The van der Waals surface area contributed by atoms with Gasteiger partial charge >= 0.3 is 0 Å². The summed E-state index contributed by atoms with van der Waals surface area (Å²) in [5, 5.41) is 0. The first kappa shape index (κ1) is 18.1. The van der Waals surface area contributed by atoms with Gasteiger partial charge in [-0.3, -0.25) is 9.69 Å². The number of hydrogen-bond acceptors (Lipinski definition) is 4. The molecule has 3 rings (SSSR count). The zero-order valence-electron chi connectivity index (χ0n) is 13.5. The first-order valence-corrected chi connectivity index (χ1v) is 9.39. The van der Waals surface area contributed by atoms with Gasteiger partial charge in [-0.1, -0.05) is 30.0 Å². The molecule has 0 spiro atoms. The van der Waals surface area contributed by atoms with E-state index in [0.29, 0.717) is 14.9 Å². The second kappa shape index (κ2) is 7.27. The van der Waals surface area contributed by atoms with Crippen LogP contribution in [-0.4, -0.2) is 24.3 Å². The monoisotopic (exact) mass is 436 g/mol. The van der Waals surface area contributed by atoms with Crippen LogP contribution in [0.3, 0.4) is 0 Å². The predicted molar refractivity (Wildman–Crippen MR) is 111 cm³/mol. The summed E-state index contributed by atoms with van der Waals surface area (Å²) in [6.07, 6.45) is 1.81. The van der Waals surface area contributed by atoms with Crippen LogP contribution in [0.2, 0.25) is 0 Å². The van der Waals surface area contributed by atoms with Crippen LogP contribution in [0.4, 0.5) is 15.8 Å². The smallest absolute Gasteiger partial charge is 0.270 e. The van der Waals surface area contributed by atoms with Crippen LogP contribution >= 0.6 is 39.9 Å². The molecule has 0 N–H and O–H groups in total. The van der Waals surface area contributed by atoms with E-state index >= 15 is 0 Å². The summed E-state index contributed by atoms with van der Waals surface area (Å²) < 4.78 is 14.5. The van der Waals surface area contributed by atoms with Crippen molar-refractivity contribution in [3.05, 3.63) is 63.2 Å². The molecule has 2 aromatic carbocycles. The average Bonchev–Trinajstić information content (AvgIpc) is 2.82. The molecular weight excluding hydrogens is 423 g/mol. The number of nitrogens with zero attached hydrogens (tertiary/aromatic N) is 2. The topological polar surface area (TPSA) is 23.6 Å². The summed E-state index contributed by atoms with van der Waals surface area (Å²) in [7, 11) is 3.93. The van der Waals surface area contributed by atoms with E-state index in [1.54, 1.807) is 12.1 Å². The Morgan fingerprint density at radius 2 is 1.88 bits per heavy atom. The minimum absolute atomic E-state index is 0.200. The number of thioether (sulfide) groups is 1. The van der Waals surface area contributed by atoms with Crippen molar-refractivity contribution in [3.63, 3.8) is 0 Å². The number of halogens is 2. The molecule has 0 aromatic heterocycles. The van der Waals surface area contributed by atoms with Gasteiger partial charge in [0.2, 0.25) is 0 Å². The van der Waals surface area contributed by atoms with Crippen molar-refractivity contribution in [2.75, 3.05) is 23.9 Å². The van der Waals surface area contributed by atoms with Gasteiger partial charge in [-0.25, -0.2) is 4.39 Å². The van der Waals surface area contributed by atoms with Gasteiger partial charge in [0.1, 0.15) is 5.82 Å². The van der Waals surface area contributed by atoms with Crippen LogP contribution in [0.25, 0.3) is 6.08 Å². The normalized spacial score (nSPS) is 16.0. The fourth-order valence-electron chi connectivity index (χ4n) is 2.41. The SMILES string of the molecule is CN(C)c1ccc(C=C2SC(=S)N(c3ccc(F)cc3)C2=O)cc1Br. The van der Waals surface area contributed by atoms with E-state index in [-0.39, 0.29) is 11.7 Å². The van der Waals surface area contributed by atoms with Gasteiger partial charge < -0.3 is 4.90 Å². The Morgan fingerprint density at radius 1 is 1.20 bits per heavy atom. The Bertz CT molecular complexity index is 881.